The van der Waals surface area contributed by atoms with Crippen molar-refractivity contribution >= 4 is 16.1 Å². The van der Waals surface area contributed by atoms with Crippen LogP contribution in [0.3, 0.4) is 0 Å². The lowest BCUT2D eigenvalue weighted by Crippen LogP contribution is -2.55. The molecule has 1 saturated heterocycles. The highest BCUT2D eigenvalue weighted by Crippen LogP contribution is 2.25. The lowest BCUT2D eigenvalue weighted by molar-refractivity contribution is -0.126. The molecule has 1 heterocycles. The molecule has 1 unspecified atom stereocenters. The van der Waals surface area contributed by atoms with Crippen molar-refractivity contribution in [3.8, 4) is 0 Å². The van der Waals surface area contributed by atoms with E-state index < -0.39 is 28.0 Å². The van der Waals surface area contributed by atoms with E-state index in [1.165, 1.54) is 24.3 Å². The summed E-state index contributed by atoms with van der Waals surface area (Å²) in [5, 5.41) is 2.63. The quantitative estimate of drug-likeness (QED) is 0.851. The van der Waals surface area contributed by atoms with E-state index in [1.807, 2.05) is 0 Å². The average Bonchev–Trinajstić information content (AvgIpc) is 2.38. The van der Waals surface area contributed by atoms with Gasteiger partial charge in [-0.25, -0.2) is 4.39 Å². The van der Waals surface area contributed by atoms with Crippen LogP contribution in [0.2, 0.25) is 0 Å². The summed E-state index contributed by atoms with van der Waals surface area (Å²) in [5.41, 5.74) is 0.433. The third-order valence-electron chi connectivity index (χ3n) is 3.05. The Balaban J connectivity index is 2.38. The summed E-state index contributed by atoms with van der Waals surface area (Å²) in [4.78, 5) is 12.1. The number of halogens is 1. The lowest BCUT2D eigenvalue weighted by Gasteiger charge is -2.34. The third kappa shape index (κ3) is 3.58. The van der Waals surface area contributed by atoms with Crippen molar-refractivity contribution in [2.75, 3.05) is 13.1 Å². The zero-order valence-corrected chi connectivity index (χ0v) is 12.7. The molecule has 0 radical (unpaired) electrons. The second-order valence-corrected chi connectivity index (χ2v) is 6.79. The van der Waals surface area contributed by atoms with Gasteiger partial charge in [-0.2, -0.15) is 17.4 Å². The van der Waals surface area contributed by atoms with Gasteiger partial charge in [-0.05, 0) is 31.5 Å². The minimum Gasteiger partial charge on any atom is -0.353 e. The molecule has 1 atom stereocenters. The van der Waals surface area contributed by atoms with Crippen LogP contribution in [0.25, 0.3) is 0 Å². The van der Waals surface area contributed by atoms with E-state index in [1.54, 1.807) is 13.8 Å². The Morgan fingerprint density at radius 3 is 2.52 bits per heavy atom. The van der Waals surface area contributed by atoms with Gasteiger partial charge in [0.2, 0.25) is 5.91 Å². The van der Waals surface area contributed by atoms with Crippen molar-refractivity contribution in [2.24, 2.45) is 0 Å². The number of rotatable bonds is 4. The van der Waals surface area contributed by atoms with Gasteiger partial charge in [0.15, 0.2) is 0 Å². The van der Waals surface area contributed by atoms with E-state index >= 15 is 0 Å². The highest BCUT2D eigenvalue weighted by atomic mass is 32.2. The number of nitrogens with one attached hydrogen (secondary N) is 2. The molecule has 0 aromatic heterocycles. The molecule has 2 rings (SSSR count). The predicted molar refractivity (Wildman–Crippen MR) is 76.0 cm³/mol. The monoisotopic (exact) mass is 315 g/mol. The van der Waals surface area contributed by atoms with Crippen LogP contribution in [0.4, 0.5) is 4.39 Å². The number of hydrogen-bond donors (Lipinski definition) is 2. The zero-order valence-electron chi connectivity index (χ0n) is 11.8. The Hall–Kier alpha value is -1.51. The van der Waals surface area contributed by atoms with E-state index in [0.717, 1.165) is 4.31 Å². The van der Waals surface area contributed by atoms with Crippen molar-refractivity contribution in [1.29, 1.82) is 0 Å². The molecule has 1 aromatic rings. The van der Waals surface area contributed by atoms with E-state index in [-0.39, 0.29) is 19.1 Å². The molecule has 1 fully saturated rings. The predicted octanol–water partition coefficient (Wildman–Crippen LogP) is 0.541. The van der Waals surface area contributed by atoms with Crippen molar-refractivity contribution in [2.45, 2.75) is 25.9 Å². The molecule has 1 aliphatic heterocycles. The van der Waals surface area contributed by atoms with Crippen LogP contribution in [-0.4, -0.2) is 37.8 Å². The standard InChI is InChI=1S/C13H18FN3O3S/c1-9(2)16-21(19,20)17-8-7-15-13(18)12(17)10-3-5-11(14)6-4-10/h3-6,9,12,16H,7-8H2,1-2H3,(H,15,18). The molecule has 1 aliphatic rings. The SMILES string of the molecule is CC(C)NS(=O)(=O)N1CCNC(=O)C1c1ccc(F)cc1. The lowest BCUT2D eigenvalue weighted by atomic mass is 10.0. The molecule has 116 valence electrons. The smallest absolute Gasteiger partial charge is 0.280 e. The maximum atomic E-state index is 13.0. The van der Waals surface area contributed by atoms with Crippen LogP contribution in [-0.2, 0) is 15.0 Å². The summed E-state index contributed by atoms with van der Waals surface area (Å²) >= 11 is 0. The van der Waals surface area contributed by atoms with E-state index in [4.69, 9.17) is 0 Å². The van der Waals surface area contributed by atoms with Gasteiger partial charge < -0.3 is 5.32 Å². The number of nitrogens with zero attached hydrogens (tertiary/aromatic N) is 1. The number of carbonyl (C=O) groups is 1. The van der Waals surface area contributed by atoms with Gasteiger partial charge in [0.05, 0.1) is 0 Å². The normalized spacial score (nSPS) is 20.6. The number of hydrogen-bond acceptors (Lipinski definition) is 3. The molecule has 21 heavy (non-hydrogen) atoms. The van der Waals surface area contributed by atoms with Crippen LogP contribution >= 0.6 is 0 Å². The van der Waals surface area contributed by atoms with Gasteiger partial charge in [0.25, 0.3) is 10.2 Å². The van der Waals surface area contributed by atoms with Crippen molar-refractivity contribution in [3.05, 3.63) is 35.6 Å². The Morgan fingerprint density at radius 2 is 1.95 bits per heavy atom. The summed E-state index contributed by atoms with van der Waals surface area (Å²) < 4.78 is 41.3. The topological polar surface area (TPSA) is 78.5 Å². The highest BCUT2D eigenvalue weighted by molar-refractivity contribution is 7.87. The second-order valence-electron chi connectivity index (χ2n) is 5.13. The first-order chi connectivity index (χ1) is 9.81. The van der Waals surface area contributed by atoms with Crippen LogP contribution < -0.4 is 10.0 Å². The van der Waals surface area contributed by atoms with Crippen molar-refractivity contribution in [1.82, 2.24) is 14.3 Å². The number of carbonyl (C=O) groups excluding carboxylic acids is 1. The maximum Gasteiger partial charge on any atom is 0.280 e. The van der Waals surface area contributed by atoms with Gasteiger partial charge in [0, 0.05) is 19.1 Å². The van der Waals surface area contributed by atoms with Crippen LogP contribution in [0, 0.1) is 5.82 Å². The average molecular weight is 315 g/mol. The summed E-state index contributed by atoms with van der Waals surface area (Å²) in [7, 11) is -3.79. The third-order valence-corrected chi connectivity index (χ3v) is 4.83. The summed E-state index contributed by atoms with van der Waals surface area (Å²) in [6.07, 6.45) is 0. The molecule has 6 nitrogen and oxygen atoms in total. The molecule has 1 aromatic carbocycles. The molecule has 0 bridgehead atoms. The zero-order chi connectivity index (χ0) is 15.6. The molecule has 1 amide bonds. The van der Waals surface area contributed by atoms with E-state index in [2.05, 4.69) is 10.0 Å². The maximum absolute atomic E-state index is 13.0. The number of piperazine rings is 1. The fourth-order valence-corrected chi connectivity index (χ4v) is 3.79. The molecule has 0 saturated carbocycles. The Morgan fingerprint density at radius 1 is 1.33 bits per heavy atom. The van der Waals surface area contributed by atoms with Gasteiger partial charge in [0.1, 0.15) is 11.9 Å². The van der Waals surface area contributed by atoms with Crippen LogP contribution in [0.5, 0.6) is 0 Å². The molecular weight excluding hydrogens is 297 g/mol. The molecular formula is C13H18FN3O3S. The molecule has 0 aliphatic carbocycles. The highest BCUT2D eigenvalue weighted by Gasteiger charge is 2.38. The largest absolute Gasteiger partial charge is 0.353 e. The Labute approximate surface area is 123 Å². The van der Waals surface area contributed by atoms with E-state index in [9.17, 15) is 17.6 Å². The summed E-state index contributed by atoms with van der Waals surface area (Å²) in [6, 6.07) is 3.98. The second kappa shape index (κ2) is 6.08. The summed E-state index contributed by atoms with van der Waals surface area (Å²) in [6.45, 7) is 3.81. The van der Waals surface area contributed by atoms with Crippen LogP contribution in [0.15, 0.2) is 24.3 Å². The fourth-order valence-electron chi connectivity index (χ4n) is 2.23. The minimum absolute atomic E-state index is 0.163. The first-order valence-corrected chi connectivity index (χ1v) is 8.07. The first-order valence-electron chi connectivity index (χ1n) is 6.63. The first kappa shape index (κ1) is 15.9. The van der Waals surface area contributed by atoms with Crippen molar-refractivity contribution in [3.63, 3.8) is 0 Å². The Bertz CT molecular complexity index is 616. The molecule has 0 spiro atoms. The summed E-state index contributed by atoms with van der Waals surface area (Å²) in [5.74, 6) is -0.855. The fraction of sp³-hybridized carbons (Fsp3) is 0.462. The van der Waals surface area contributed by atoms with Crippen molar-refractivity contribution < 1.29 is 17.6 Å². The molecule has 8 heteroatoms. The van der Waals surface area contributed by atoms with Crippen LogP contribution in [0.1, 0.15) is 25.5 Å². The Kier molecular flexibility index (Phi) is 4.60. The number of benzene rings is 1. The van der Waals surface area contributed by atoms with Gasteiger partial charge in [-0.3, -0.25) is 4.79 Å². The van der Waals surface area contributed by atoms with Gasteiger partial charge in [-0.15, -0.1) is 0 Å². The van der Waals surface area contributed by atoms with Gasteiger partial charge in [-0.1, -0.05) is 12.1 Å². The molecule has 2 N–H and O–H groups in total. The number of amides is 1. The van der Waals surface area contributed by atoms with Gasteiger partial charge >= 0.3 is 0 Å². The van der Waals surface area contributed by atoms with E-state index in [0.29, 0.717) is 5.56 Å². The minimum atomic E-state index is -3.79.